The maximum Gasteiger partial charge on any atom is 0.261 e. The van der Waals surface area contributed by atoms with Gasteiger partial charge in [-0.2, -0.15) is 5.10 Å². The van der Waals surface area contributed by atoms with Crippen LogP contribution in [0.15, 0.2) is 84.2 Å². The van der Waals surface area contributed by atoms with Crippen molar-refractivity contribution < 1.29 is 13.6 Å². The molecule has 6 nitrogen and oxygen atoms in total. The predicted molar refractivity (Wildman–Crippen MR) is 128 cm³/mol. The molecule has 0 unspecified atom stereocenters. The molecule has 2 heterocycles. The van der Waals surface area contributed by atoms with Gasteiger partial charge in [0.25, 0.3) is 5.56 Å². The van der Waals surface area contributed by atoms with Crippen molar-refractivity contribution in [2.75, 3.05) is 0 Å². The number of H-pyrrole nitrogens is 1. The highest BCUT2D eigenvalue weighted by atomic mass is 19.1. The van der Waals surface area contributed by atoms with E-state index in [9.17, 15) is 18.4 Å². The zero-order chi connectivity index (χ0) is 24.4. The standard InChI is InChI=1S/C27H20F2N4O2/c28-23-2-1-3-24(29)21(23)9-11-26(34)18-6-4-17(5-7-18)15-33-16-30-25-10-8-19(12-22(25)27(33)35)20-13-31-32-14-20/h1-8,10,12-14,16H,9,11,15H2,(H,31,32). The minimum Gasteiger partial charge on any atom is -0.294 e. The van der Waals surface area contributed by atoms with E-state index in [1.165, 1.54) is 29.1 Å². The lowest BCUT2D eigenvalue weighted by atomic mass is 10.0. The molecule has 0 fully saturated rings. The lowest BCUT2D eigenvalue weighted by molar-refractivity contribution is 0.0982. The maximum atomic E-state index is 13.8. The molecule has 3 aromatic carbocycles. The van der Waals surface area contributed by atoms with Gasteiger partial charge in [-0.15, -0.1) is 0 Å². The lowest BCUT2D eigenvalue weighted by Gasteiger charge is -2.09. The molecule has 1 N–H and O–H groups in total. The molecule has 35 heavy (non-hydrogen) atoms. The summed E-state index contributed by atoms with van der Waals surface area (Å²) in [6.45, 7) is 0.284. The van der Waals surface area contributed by atoms with E-state index < -0.39 is 11.6 Å². The Balaban J connectivity index is 1.31. The average Bonchev–Trinajstić information content (AvgIpc) is 3.41. The van der Waals surface area contributed by atoms with Gasteiger partial charge in [0.1, 0.15) is 11.6 Å². The van der Waals surface area contributed by atoms with Gasteiger partial charge in [0.15, 0.2) is 5.78 Å². The van der Waals surface area contributed by atoms with Crippen LogP contribution in [-0.4, -0.2) is 25.5 Å². The zero-order valence-corrected chi connectivity index (χ0v) is 18.5. The van der Waals surface area contributed by atoms with E-state index in [0.29, 0.717) is 16.5 Å². The number of benzene rings is 3. The molecule has 0 atom stereocenters. The fourth-order valence-electron chi connectivity index (χ4n) is 4.01. The smallest absolute Gasteiger partial charge is 0.261 e. The summed E-state index contributed by atoms with van der Waals surface area (Å²) >= 11 is 0. The Labute approximate surface area is 198 Å². The number of rotatable bonds is 7. The summed E-state index contributed by atoms with van der Waals surface area (Å²) in [6, 6.07) is 16.0. The lowest BCUT2D eigenvalue weighted by Crippen LogP contribution is -2.21. The number of hydrogen-bond donors (Lipinski definition) is 1. The summed E-state index contributed by atoms with van der Waals surface area (Å²) < 4.78 is 29.1. The van der Waals surface area contributed by atoms with E-state index in [2.05, 4.69) is 15.2 Å². The van der Waals surface area contributed by atoms with Crippen molar-refractivity contribution in [3.8, 4) is 11.1 Å². The number of aromatic amines is 1. The highest BCUT2D eigenvalue weighted by Gasteiger charge is 2.13. The monoisotopic (exact) mass is 470 g/mol. The van der Waals surface area contributed by atoms with Gasteiger partial charge >= 0.3 is 0 Å². The van der Waals surface area contributed by atoms with Gasteiger partial charge in [-0.25, -0.2) is 13.8 Å². The van der Waals surface area contributed by atoms with Gasteiger partial charge in [-0.05, 0) is 41.8 Å². The number of hydrogen-bond acceptors (Lipinski definition) is 4. The van der Waals surface area contributed by atoms with E-state index >= 15 is 0 Å². The fraction of sp³-hybridized carbons (Fsp3) is 0.111. The SMILES string of the molecule is O=C(CCc1c(F)cccc1F)c1ccc(Cn2cnc3ccc(-c4cn[nH]c4)cc3c2=O)cc1. The number of fused-ring (bicyclic) bond motifs is 1. The molecule has 0 saturated carbocycles. The third kappa shape index (κ3) is 4.63. The number of ketones is 1. The number of aromatic nitrogens is 4. The van der Waals surface area contributed by atoms with Gasteiger partial charge in [0.05, 0.1) is 30.0 Å². The second-order valence-electron chi connectivity index (χ2n) is 8.22. The van der Waals surface area contributed by atoms with Crippen LogP contribution in [0.2, 0.25) is 0 Å². The third-order valence-corrected chi connectivity index (χ3v) is 5.95. The summed E-state index contributed by atoms with van der Waals surface area (Å²) in [5, 5.41) is 7.21. The van der Waals surface area contributed by atoms with Crippen molar-refractivity contribution >= 4 is 16.7 Å². The molecule has 174 valence electrons. The Hall–Kier alpha value is -4.46. The quantitative estimate of drug-likeness (QED) is 0.342. The summed E-state index contributed by atoms with van der Waals surface area (Å²) in [5.41, 5.74) is 3.34. The van der Waals surface area contributed by atoms with Crippen molar-refractivity contribution in [1.29, 1.82) is 0 Å². The molecule has 5 aromatic rings. The van der Waals surface area contributed by atoms with Crippen LogP contribution in [-0.2, 0) is 13.0 Å². The van der Waals surface area contributed by atoms with Crippen LogP contribution in [0.25, 0.3) is 22.0 Å². The minimum atomic E-state index is -0.653. The third-order valence-electron chi connectivity index (χ3n) is 5.95. The number of carbonyl (C=O) groups excluding carboxylic acids is 1. The van der Waals surface area contributed by atoms with Gasteiger partial charge in [-0.3, -0.25) is 19.3 Å². The Bertz CT molecular complexity index is 1560. The molecule has 0 radical (unpaired) electrons. The Morgan fingerprint density at radius 1 is 0.971 bits per heavy atom. The molecule has 5 rings (SSSR count). The topological polar surface area (TPSA) is 80.6 Å². The molecule has 0 aliphatic carbocycles. The summed E-state index contributed by atoms with van der Waals surface area (Å²) in [4.78, 5) is 30.0. The number of nitrogens with one attached hydrogen (secondary N) is 1. The second-order valence-corrected chi connectivity index (χ2v) is 8.22. The van der Waals surface area contributed by atoms with Crippen molar-refractivity contribution in [2.45, 2.75) is 19.4 Å². The van der Waals surface area contributed by atoms with E-state index in [-0.39, 0.29) is 36.3 Å². The highest BCUT2D eigenvalue weighted by molar-refractivity contribution is 5.96. The van der Waals surface area contributed by atoms with E-state index in [1.54, 1.807) is 48.8 Å². The van der Waals surface area contributed by atoms with Gasteiger partial charge < -0.3 is 0 Å². The molecule has 0 amide bonds. The second kappa shape index (κ2) is 9.42. The van der Waals surface area contributed by atoms with Gasteiger partial charge in [-0.1, -0.05) is 36.4 Å². The molecular formula is C27H20F2N4O2. The van der Waals surface area contributed by atoms with Crippen molar-refractivity contribution in [1.82, 2.24) is 19.7 Å². The van der Waals surface area contributed by atoms with Crippen LogP contribution in [0.1, 0.15) is 27.9 Å². The first-order valence-electron chi connectivity index (χ1n) is 11.0. The van der Waals surface area contributed by atoms with Crippen LogP contribution in [0, 0.1) is 11.6 Å². The molecule has 0 aliphatic rings. The zero-order valence-electron chi connectivity index (χ0n) is 18.5. The van der Waals surface area contributed by atoms with Crippen LogP contribution in [0.3, 0.4) is 0 Å². The molecular weight excluding hydrogens is 450 g/mol. The van der Waals surface area contributed by atoms with Crippen LogP contribution >= 0.6 is 0 Å². The van der Waals surface area contributed by atoms with E-state index in [0.717, 1.165) is 16.7 Å². The number of halogens is 2. The predicted octanol–water partition coefficient (Wildman–Crippen LogP) is 4.93. The Morgan fingerprint density at radius 2 is 1.74 bits per heavy atom. The average molecular weight is 470 g/mol. The number of Topliss-reactive ketones (excluding diaryl/α,β-unsaturated/α-hetero) is 1. The van der Waals surface area contributed by atoms with Crippen LogP contribution in [0.4, 0.5) is 8.78 Å². The maximum absolute atomic E-state index is 13.8. The first-order valence-corrected chi connectivity index (χ1v) is 11.0. The van der Waals surface area contributed by atoms with Gasteiger partial charge in [0.2, 0.25) is 0 Å². The minimum absolute atomic E-state index is 0.00967. The normalized spacial score (nSPS) is 11.1. The molecule has 2 aromatic heterocycles. The van der Waals surface area contributed by atoms with E-state index in [1.807, 2.05) is 6.07 Å². The van der Waals surface area contributed by atoms with E-state index in [4.69, 9.17) is 0 Å². The molecule has 0 aliphatic heterocycles. The summed E-state index contributed by atoms with van der Waals surface area (Å²) in [5.74, 6) is -1.52. The summed E-state index contributed by atoms with van der Waals surface area (Å²) in [6.07, 6.45) is 4.92. The molecule has 8 heteroatoms. The van der Waals surface area contributed by atoms with Crippen molar-refractivity contribution in [2.24, 2.45) is 0 Å². The van der Waals surface area contributed by atoms with Crippen LogP contribution in [0.5, 0.6) is 0 Å². The van der Waals surface area contributed by atoms with Crippen LogP contribution < -0.4 is 5.56 Å². The van der Waals surface area contributed by atoms with Crippen molar-refractivity contribution in [3.05, 3.63) is 118 Å². The first-order chi connectivity index (χ1) is 17.0. The largest absolute Gasteiger partial charge is 0.294 e. The number of nitrogens with zero attached hydrogens (tertiary/aromatic N) is 3. The van der Waals surface area contributed by atoms with Gasteiger partial charge in [0, 0.05) is 29.3 Å². The Kier molecular flexibility index (Phi) is 6.01. The number of carbonyl (C=O) groups is 1. The molecule has 0 saturated heterocycles. The molecule has 0 spiro atoms. The highest BCUT2D eigenvalue weighted by Crippen LogP contribution is 2.21. The fourth-order valence-corrected chi connectivity index (χ4v) is 4.01. The summed E-state index contributed by atoms with van der Waals surface area (Å²) in [7, 11) is 0. The first kappa shape index (κ1) is 22.3. The van der Waals surface area contributed by atoms with Crippen molar-refractivity contribution in [3.63, 3.8) is 0 Å². The Morgan fingerprint density at radius 3 is 2.46 bits per heavy atom. The molecule has 0 bridgehead atoms.